The Morgan fingerprint density at radius 2 is 1.92 bits per heavy atom. The molecule has 0 bridgehead atoms. The molecule has 0 aliphatic heterocycles. The number of halogens is 5. The minimum absolute atomic E-state index is 0.0125. The van der Waals surface area contributed by atoms with Crippen LogP contribution >= 0.6 is 23.2 Å². The Morgan fingerprint density at radius 1 is 1.10 bits per heavy atom. The van der Waals surface area contributed by atoms with Crippen molar-refractivity contribution >= 4 is 23.2 Å². The number of alkyl halides is 2. The average Bonchev–Trinajstić information content (AvgIpc) is 3.65. The van der Waals surface area contributed by atoms with E-state index >= 15 is 4.39 Å². The van der Waals surface area contributed by atoms with Gasteiger partial charge in [-0.1, -0.05) is 28.4 Å². The van der Waals surface area contributed by atoms with Crippen molar-refractivity contribution in [3.8, 4) is 28.2 Å². The van der Waals surface area contributed by atoms with Gasteiger partial charge in [-0.3, -0.25) is 4.68 Å². The summed E-state index contributed by atoms with van der Waals surface area (Å²) in [4.78, 5) is 4.17. The van der Waals surface area contributed by atoms with Crippen molar-refractivity contribution < 1.29 is 22.6 Å². The fourth-order valence-corrected chi connectivity index (χ4v) is 4.42. The number of hydrogen-bond donors (Lipinski definition) is 0. The number of aromatic nitrogens is 9. The van der Waals surface area contributed by atoms with E-state index in [2.05, 4.69) is 30.2 Å². The van der Waals surface area contributed by atoms with Gasteiger partial charge in [-0.05, 0) is 18.2 Å². The van der Waals surface area contributed by atoms with Gasteiger partial charge < -0.3 is 9.94 Å². The molecule has 5 aromatic rings. The topological polar surface area (TPSA) is 115 Å². The van der Waals surface area contributed by atoms with E-state index in [-0.39, 0.29) is 45.7 Å². The molecule has 0 fully saturated rings. The van der Waals surface area contributed by atoms with E-state index in [1.165, 1.54) is 57.0 Å². The quantitative estimate of drug-likeness (QED) is 0.189. The predicted molar refractivity (Wildman–Crippen MR) is 133 cm³/mol. The Kier molecular flexibility index (Phi) is 7.50. The third-order valence-corrected chi connectivity index (χ3v) is 6.35. The molecule has 0 saturated carbocycles. The van der Waals surface area contributed by atoms with Crippen molar-refractivity contribution in [3.63, 3.8) is 0 Å². The summed E-state index contributed by atoms with van der Waals surface area (Å²) in [6.07, 6.45) is 7.03. The van der Waals surface area contributed by atoms with Crippen molar-refractivity contribution in [2.24, 2.45) is 7.05 Å². The van der Waals surface area contributed by atoms with Gasteiger partial charge in [-0.2, -0.15) is 23.7 Å². The summed E-state index contributed by atoms with van der Waals surface area (Å²) in [5, 5.41) is 29.1. The highest BCUT2D eigenvalue weighted by Crippen LogP contribution is 2.34. The first-order chi connectivity index (χ1) is 18.7. The van der Waals surface area contributed by atoms with Crippen LogP contribution in [-0.4, -0.2) is 52.8 Å². The Morgan fingerprint density at radius 3 is 2.59 bits per heavy atom. The highest BCUT2D eigenvalue weighted by atomic mass is 35.5. The lowest BCUT2D eigenvalue weighted by Crippen LogP contribution is -2.36. The number of benzene rings is 1. The van der Waals surface area contributed by atoms with Crippen LogP contribution < -0.4 is 4.73 Å². The third-order valence-electron chi connectivity index (χ3n) is 5.89. The molecule has 0 N–H and O–H groups in total. The molecule has 11 nitrogen and oxygen atoms in total. The van der Waals surface area contributed by atoms with Gasteiger partial charge in [-0.25, -0.2) is 18.7 Å². The first-order valence-electron chi connectivity index (χ1n) is 11.3. The minimum atomic E-state index is -2.98. The van der Waals surface area contributed by atoms with Crippen molar-refractivity contribution in [1.29, 1.82) is 0 Å². The standard InChI is InChI=1S/C23H18Cl2F3N9O2/c1-34-22(29-12-31-34)14-8-30-35(9-14)16(6-7-39-23(27)28)17-4-2-13(10-37(17)38)20-18(5-3-15(24)21(20)26)36-11-19(25)32-33-36/h2-5,8-12,16,23H,6-7H2,1H3/t16-/m0/s1. The highest BCUT2D eigenvalue weighted by molar-refractivity contribution is 6.31. The lowest BCUT2D eigenvalue weighted by molar-refractivity contribution is -0.615. The van der Waals surface area contributed by atoms with Crippen LogP contribution in [0.15, 0.2) is 55.4 Å². The second-order valence-corrected chi connectivity index (χ2v) is 9.06. The highest BCUT2D eigenvalue weighted by Gasteiger charge is 2.26. The summed E-state index contributed by atoms with van der Waals surface area (Å²) in [6.45, 7) is -3.34. The monoisotopic (exact) mass is 579 g/mol. The van der Waals surface area contributed by atoms with Gasteiger partial charge in [0.1, 0.15) is 12.4 Å². The molecule has 5 rings (SSSR count). The molecule has 4 aromatic heterocycles. The van der Waals surface area contributed by atoms with Gasteiger partial charge >= 0.3 is 6.61 Å². The summed E-state index contributed by atoms with van der Waals surface area (Å²) in [7, 11) is 1.70. The van der Waals surface area contributed by atoms with Crippen LogP contribution in [0.1, 0.15) is 18.2 Å². The Bertz CT molecular complexity index is 1620. The second-order valence-electron chi connectivity index (χ2n) is 8.26. The van der Waals surface area contributed by atoms with Crippen LogP contribution in [0.25, 0.3) is 28.2 Å². The lowest BCUT2D eigenvalue weighted by atomic mass is 10.0. The van der Waals surface area contributed by atoms with Crippen molar-refractivity contribution in [1.82, 2.24) is 39.5 Å². The smallest absolute Gasteiger partial charge is 0.345 e. The SMILES string of the molecule is Cn1ncnc1-c1cnn([C@@H](CCOC(F)F)c2ccc(-c3c(-n4cc(Cl)nn4)ccc(Cl)c3F)c[n+]2[O-])c1. The van der Waals surface area contributed by atoms with Gasteiger partial charge in [-0.15, -0.1) is 5.10 Å². The molecule has 0 spiro atoms. The molecule has 39 heavy (non-hydrogen) atoms. The Hall–Kier alpha value is -4.01. The zero-order chi connectivity index (χ0) is 27.7. The van der Waals surface area contributed by atoms with Crippen molar-refractivity contribution in [2.75, 3.05) is 6.61 Å². The predicted octanol–water partition coefficient (Wildman–Crippen LogP) is 4.22. The van der Waals surface area contributed by atoms with Gasteiger partial charge in [0.15, 0.2) is 23.0 Å². The number of aryl methyl sites for hydroxylation is 1. The van der Waals surface area contributed by atoms with Gasteiger partial charge in [0, 0.05) is 25.7 Å². The summed E-state index contributed by atoms with van der Waals surface area (Å²) in [5.41, 5.74) is 1.16. The maximum Gasteiger partial charge on any atom is 0.345 e. The maximum absolute atomic E-state index is 15.3. The lowest BCUT2D eigenvalue weighted by Gasteiger charge is -2.18. The third kappa shape index (κ3) is 5.44. The summed E-state index contributed by atoms with van der Waals surface area (Å²) in [5.74, 6) is -0.262. The molecular formula is C23H18Cl2F3N9O2. The fourth-order valence-electron chi connectivity index (χ4n) is 4.13. The molecule has 202 valence electrons. The van der Waals surface area contributed by atoms with E-state index in [9.17, 15) is 14.0 Å². The van der Waals surface area contributed by atoms with Crippen LogP contribution in [0.5, 0.6) is 0 Å². The average molecular weight is 580 g/mol. The molecule has 16 heteroatoms. The molecule has 4 heterocycles. The maximum atomic E-state index is 15.3. The van der Waals surface area contributed by atoms with E-state index in [4.69, 9.17) is 23.2 Å². The van der Waals surface area contributed by atoms with Gasteiger partial charge in [0.25, 0.3) is 0 Å². The minimum Gasteiger partial charge on any atom is -0.618 e. The van der Waals surface area contributed by atoms with Crippen LogP contribution in [-0.2, 0) is 11.8 Å². The first kappa shape index (κ1) is 26.6. The summed E-state index contributed by atoms with van der Waals surface area (Å²) >= 11 is 11.9. The second kappa shape index (κ2) is 11.0. The van der Waals surface area contributed by atoms with Gasteiger partial charge in [0.2, 0.25) is 5.69 Å². The van der Waals surface area contributed by atoms with Crippen LogP contribution in [0.3, 0.4) is 0 Å². The van der Waals surface area contributed by atoms with Crippen molar-refractivity contribution in [2.45, 2.75) is 19.1 Å². The number of nitrogens with zero attached hydrogens (tertiary/aromatic N) is 9. The summed E-state index contributed by atoms with van der Waals surface area (Å²) < 4.78 is 49.9. The molecule has 0 saturated heterocycles. The van der Waals surface area contributed by atoms with E-state index in [0.717, 1.165) is 6.20 Å². The fraction of sp³-hybridized carbons (Fsp3) is 0.217. The van der Waals surface area contributed by atoms with E-state index < -0.39 is 18.5 Å². The molecule has 0 radical (unpaired) electrons. The van der Waals surface area contributed by atoms with E-state index in [1.807, 2.05) is 0 Å². The van der Waals surface area contributed by atoms with Crippen molar-refractivity contribution in [3.05, 3.63) is 82.3 Å². The molecular weight excluding hydrogens is 562 g/mol. The van der Waals surface area contributed by atoms with Crippen LogP contribution in [0.2, 0.25) is 10.2 Å². The van der Waals surface area contributed by atoms with Crippen LogP contribution in [0.4, 0.5) is 13.2 Å². The summed E-state index contributed by atoms with van der Waals surface area (Å²) in [6, 6.07) is 5.01. The largest absolute Gasteiger partial charge is 0.618 e. The molecule has 0 aliphatic carbocycles. The molecule has 0 amide bonds. The number of pyridine rings is 1. The number of ether oxygens (including phenoxy) is 1. The van der Waals surface area contributed by atoms with Gasteiger partial charge in [0.05, 0.1) is 46.4 Å². The van der Waals surface area contributed by atoms with E-state index in [0.29, 0.717) is 16.1 Å². The first-order valence-corrected chi connectivity index (χ1v) is 12.1. The van der Waals surface area contributed by atoms with E-state index in [1.54, 1.807) is 13.2 Å². The zero-order valence-electron chi connectivity index (χ0n) is 20.0. The number of rotatable bonds is 9. The molecule has 1 atom stereocenters. The Labute approximate surface area is 228 Å². The van der Waals surface area contributed by atoms with Crippen LogP contribution in [0, 0.1) is 11.0 Å². The normalized spacial score (nSPS) is 12.4. The zero-order valence-corrected chi connectivity index (χ0v) is 21.5. The molecule has 1 aromatic carbocycles. The molecule has 0 aliphatic rings. The Balaban J connectivity index is 1.55. The number of hydrogen-bond acceptors (Lipinski definition) is 7. The molecule has 0 unspecified atom stereocenters.